The molecule has 1 aromatic carbocycles. The first-order chi connectivity index (χ1) is 7.15. The van der Waals surface area contributed by atoms with Crippen molar-refractivity contribution in [3.8, 4) is 5.75 Å². The fraction of sp³-hybridized carbons (Fsp3) is 0.455. The van der Waals surface area contributed by atoms with Crippen LogP contribution < -0.4 is 4.74 Å². The molecule has 0 aliphatic carbocycles. The minimum Gasteiger partial charge on any atom is -0.489 e. The van der Waals surface area contributed by atoms with E-state index in [0.717, 1.165) is 13.1 Å². The molecule has 0 N–H and O–H groups in total. The molecule has 84 valence electrons. The van der Waals surface area contributed by atoms with Gasteiger partial charge in [-0.3, -0.25) is 0 Å². The molecule has 0 saturated carbocycles. The maximum Gasteiger partial charge on any atom is 0.156 e. The number of hydrogen-bond donors (Lipinski definition) is 0. The second-order valence-corrected chi connectivity index (χ2v) is 4.11. The van der Waals surface area contributed by atoms with Crippen LogP contribution in [-0.2, 0) is 0 Å². The van der Waals surface area contributed by atoms with Crippen LogP contribution in [0.25, 0.3) is 0 Å². The third-order valence-electron chi connectivity index (χ3n) is 2.18. The first-order valence-electron chi connectivity index (χ1n) is 4.90. The predicted molar refractivity (Wildman–Crippen MR) is 65.1 cm³/mol. The van der Waals surface area contributed by atoms with Crippen molar-refractivity contribution >= 4 is 23.2 Å². The molecule has 0 fully saturated rings. The monoisotopic (exact) mass is 247 g/mol. The molecule has 0 aromatic heterocycles. The van der Waals surface area contributed by atoms with Crippen molar-refractivity contribution in [2.75, 3.05) is 26.7 Å². The van der Waals surface area contributed by atoms with Gasteiger partial charge in [-0.05, 0) is 25.7 Å². The maximum absolute atomic E-state index is 5.96. The molecule has 15 heavy (non-hydrogen) atoms. The van der Waals surface area contributed by atoms with Crippen LogP contribution in [0.2, 0.25) is 10.0 Å². The van der Waals surface area contributed by atoms with Gasteiger partial charge in [-0.25, -0.2) is 0 Å². The lowest BCUT2D eigenvalue weighted by molar-refractivity contribution is 0.244. The van der Waals surface area contributed by atoms with Gasteiger partial charge < -0.3 is 9.64 Å². The van der Waals surface area contributed by atoms with E-state index in [9.17, 15) is 0 Å². The second kappa shape index (κ2) is 6.21. The predicted octanol–water partition coefficient (Wildman–Crippen LogP) is 3.32. The number of likely N-dealkylation sites (N-methyl/N-ethyl adjacent to an activating group) is 1. The van der Waals surface area contributed by atoms with Gasteiger partial charge in [0, 0.05) is 6.54 Å². The van der Waals surface area contributed by atoms with Gasteiger partial charge in [0.1, 0.15) is 6.61 Å². The lowest BCUT2D eigenvalue weighted by Gasteiger charge is -2.15. The highest BCUT2D eigenvalue weighted by Gasteiger charge is 2.06. The van der Waals surface area contributed by atoms with Crippen molar-refractivity contribution in [2.24, 2.45) is 0 Å². The highest BCUT2D eigenvalue weighted by molar-refractivity contribution is 6.37. The number of hydrogen-bond acceptors (Lipinski definition) is 2. The Bertz CT molecular complexity index is 297. The quantitative estimate of drug-likeness (QED) is 0.792. The van der Waals surface area contributed by atoms with Gasteiger partial charge >= 0.3 is 0 Å². The molecule has 0 atom stereocenters. The number of nitrogens with zero attached hydrogens (tertiary/aromatic N) is 1. The Morgan fingerprint density at radius 1 is 1.27 bits per heavy atom. The van der Waals surface area contributed by atoms with Crippen molar-refractivity contribution in [2.45, 2.75) is 6.92 Å². The van der Waals surface area contributed by atoms with E-state index >= 15 is 0 Å². The van der Waals surface area contributed by atoms with Crippen LogP contribution in [-0.4, -0.2) is 31.6 Å². The van der Waals surface area contributed by atoms with Crippen molar-refractivity contribution in [3.05, 3.63) is 28.2 Å². The van der Waals surface area contributed by atoms with Gasteiger partial charge in [0.15, 0.2) is 5.75 Å². The van der Waals surface area contributed by atoms with E-state index in [0.29, 0.717) is 22.4 Å². The Morgan fingerprint density at radius 2 is 1.87 bits per heavy atom. The summed E-state index contributed by atoms with van der Waals surface area (Å²) in [5, 5.41) is 1.11. The van der Waals surface area contributed by atoms with E-state index in [1.165, 1.54) is 0 Å². The van der Waals surface area contributed by atoms with Gasteiger partial charge in [0.05, 0.1) is 10.0 Å². The molecular formula is C11H15Cl2NO. The highest BCUT2D eigenvalue weighted by Crippen LogP contribution is 2.32. The van der Waals surface area contributed by atoms with Crippen LogP contribution in [0.15, 0.2) is 18.2 Å². The number of benzene rings is 1. The third kappa shape index (κ3) is 3.90. The topological polar surface area (TPSA) is 12.5 Å². The van der Waals surface area contributed by atoms with E-state index in [4.69, 9.17) is 27.9 Å². The SMILES string of the molecule is CCN(C)CCOc1c(Cl)cccc1Cl. The lowest BCUT2D eigenvalue weighted by Crippen LogP contribution is -2.23. The van der Waals surface area contributed by atoms with Crippen LogP contribution in [0.1, 0.15) is 6.92 Å². The summed E-state index contributed by atoms with van der Waals surface area (Å²) < 4.78 is 5.53. The first-order valence-corrected chi connectivity index (χ1v) is 5.66. The summed E-state index contributed by atoms with van der Waals surface area (Å²) in [5.74, 6) is 0.574. The molecular weight excluding hydrogens is 233 g/mol. The van der Waals surface area contributed by atoms with Crippen molar-refractivity contribution in [1.29, 1.82) is 0 Å². The van der Waals surface area contributed by atoms with E-state index in [1.54, 1.807) is 18.2 Å². The molecule has 0 aliphatic heterocycles. The largest absolute Gasteiger partial charge is 0.489 e. The van der Waals surface area contributed by atoms with Gasteiger partial charge in [0.25, 0.3) is 0 Å². The normalized spacial score (nSPS) is 10.7. The van der Waals surface area contributed by atoms with Gasteiger partial charge in [0.2, 0.25) is 0 Å². The Labute approximate surface area is 101 Å². The van der Waals surface area contributed by atoms with Crippen LogP contribution in [0.3, 0.4) is 0 Å². The molecule has 0 aliphatic rings. The van der Waals surface area contributed by atoms with Crippen molar-refractivity contribution in [3.63, 3.8) is 0 Å². The number of rotatable bonds is 5. The Morgan fingerprint density at radius 3 is 2.40 bits per heavy atom. The average Bonchev–Trinajstić information content (AvgIpc) is 2.22. The molecule has 0 bridgehead atoms. The zero-order valence-corrected chi connectivity index (χ0v) is 10.5. The van der Waals surface area contributed by atoms with E-state index in [1.807, 2.05) is 7.05 Å². The zero-order chi connectivity index (χ0) is 11.3. The van der Waals surface area contributed by atoms with Gasteiger partial charge in [-0.2, -0.15) is 0 Å². The van der Waals surface area contributed by atoms with Crippen LogP contribution in [0, 0.1) is 0 Å². The zero-order valence-electron chi connectivity index (χ0n) is 8.96. The van der Waals surface area contributed by atoms with Crippen molar-refractivity contribution in [1.82, 2.24) is 4.90 Å². The summed E-state index contributed by atoms with van der Waals surface area (Å²) in [4.78, 5) is 2.16. The average molecular weight is 248 g/mol. The molecule has 0 unspecified atom stereocenters. The van der Waals surface area contributed by atoms with E-state index in [-0.39, 0.29) is 0 Å². The number of halogens is 2. The third-order valence-corrected chi connectivity index (χ3v) is 2.77. The smallest absolute Gasteiger partial charge is 0.156 e. The molecule has 2 nitrogen and oxygen atoms in total. The van der Waals surface area contributed by atoms with E-state index in [2.05, 4.69) is 11.8 Å². The summed E-state index contributed by atoms with van der Waals surface area (Å²) in [5.41, 5.74) is 0. The maximum atomic E-state index is 5.96. The van der Waals surface area contributed by atoms with Gasteiger partial charge in [-0.15, -0.1) is 0 Å². The molecule has 0 amide bonds. The van der Waals surface area contributed by atoms with Crippen LogP contribution in [0.4, 0.5) is 0 Å². The molecule has 4 heteroatoms. The Kier molecular flexibility index (Phi) is 5.23. The number of para-hydroxylation sites is 1. The summed E-state index contributed by atoms with van der Waals surface area (Å²) >= 11 is 11.9. The summed E-state index contributed by atoms with van der Waals surface area (Å²) in [7, 11) is 2.04. The summed E-state index contributed by atoms with van der Waals surface area (Å²) in [6.45, 7) is 4.55. The molecule has 0 saturated heterocycles. The van der Waals surface area contributed by atoms with E-state index < -0.39 is 0 Å². The molecule has 1 rings (SSSR count). The molecule has 0 heterocycles. The summed E-state index contributed by atoms with van der Waals surface area (Å²) in [6, 6.07) is 5.34. The fourth-order valence-electron chi connectivity index (χ4n) is 1.08. The van der Waals surface area contributed by atoms with Crippen molar-refractivity contribution < 1.29 is 4.74 Å². The summed E-state index contributed by atoms with van der Waals surface area (Å²) in [6.07, 6.45) is 0. The fourth-order valence-corrected chi connectivity index (χ4v) is 1.59. The Hall–Kier alpha value is -0.440. The standard InChI is InChI=1S/C11H15Cl2NO/c1-3-14(2)7-8-15-11-9(12)5-4-6-10(11)13/h4-6H,3,7-8H2,1-2H3. The van der Waals surface area contributed by atoms with Gasteiger partial charge in [-0.1, -0.05) is 36.2 Å². The van der Waals surface area contributed by atoms with Crippen LogP contribution in [0.5, 0.6) is 5.75 Å². The minimum absolute atomic E-state index is 0.557. The second-order valence-electron chi connectivity index (χ2n) is 3.30. The molecule has 1 aromatic rings. The number of ether oxygens (including phenoxy) is 1. The van der Waals surface area contributed by atoms with Crippen LogP contribution >= 0.6 is 23.2 Å². The Balaban J connectivity index is 2.50. The highest BCUT2D eigenvalue weighted by atomic mass is 35.5. The lowest BCUT2D eigenvalue weighted by atomic mass is 10.3. The molecule has 0 spiro atoms. The molecule has 0 radical (unpaired) electrons. The first kappa shape index (κ1) is 12.6. The minimum atomic E-state index is 0.557.